The lowest BCUT2D eigenvalue weighted by Gasteiger charge is -2.07. The van der Waals surface area contributed by atoms with Gasteiger partial charge in [0.25, 0.3) is 0 Å². The molecular formula is C13H19F. The molecule has 0 aliphatic heterocycles. The van der Waals surface area contributed by atoms with Crippen LogP contribution in [0, 0.1) is 29.1 Å². The zero-order valence-electron chi connectivity index (χ0n) is 9.36. The molecule has 0 heterocycles. The summed E-state index contributed by atoms with van der Waals surface area (Å²) in [6, 6.07) is 0. The molecule has 0 spiro atoms. The minimum absolute atomic E-state index is 0.0646. The Balaban J connectivity index is 2.08. The first-order valence-corrected chi connectivity index (χ1v) is 5.67. The Hall–Kier alpha value is -0.510. The average Bonchev–Trinajstić information content (AvgIpc) is 2.71. The third kappa shape index (κ3) is 1.67. The molecule has 2 aliphatic rings. The molecule has 0 saturated heterocycles. The zero-order valence-corrected chi connectivity index (χ0v) is 9.36. The molecule has 2 aliphatic carbocycles. The molecule has 0 N–H and O–H groups in total. The molecule has 2 saturated carbocycles. The molecule has 0 radical (unpaired) electrons. The maximum absolute atomic E-state index is 14.2. The van der Waals surface area contributed by atoms with Crippen LogP contribution in [-0.2, 0) is 0 Å². The van der Waals surface area contributed by atoms with E-state index in [-0.39, 0.29) is 17.3 Å². The third-order valence-electron chi connectivity index (χ3n) is 3.37. The Morgan fingerprint density at radius 3 is 2.07 bits per heavy atom. The number of halogens is 1. The standard InChI is InChI=1S/C13H19F/c1-12(2,3)8-9-13(14)10-6-4-5-7-11(10)13/h10-11H,4-7H2,1-3H3/t10-,11+,13?. The summed E-state index contributed by atoms with van der Waals surface area (Å²) in [4.78, 5) is 0. The first kappa shape index (κ1) is 10.0. The minimum Gasteiger partial charge on any atom is -0.229 e. The van der Waals surface area contributed by atoms with Gasteiger partial charge >= 0.3 is 0 Å². The van der Waals surface area contributed by atoms with Gasteiger partial charge in [0, 0.05) is 17.3 Å². The number of alkyl halides is 1. The van der Waals surface area contributed by atoms with E-state index in [9.17, 15) is 4.39 Å². The summed E-state index contributed by atoms with van der Waals surface area (Å²) in [5.74, 6) is 6.49. The lowest BCUT2D eigenvalue weighted by atomic mass is 9.97. The zero-order chi connectivity index (χ0) is 10.4. The predicted molar refractivity (Wildman–Crippen MR) is 56.5 cm³/mol. The first-order chi connectivity index (χ1) is 6.43. The molecule has 14 heavy (non-hydrogen) atoms. The van der Waals surface area contributed by atoms with Gasteiger partial charge in [-0.1, -0.05) is 24.7 Å². The van der Waals surface area contributed by atoms with Crippen molar-refractivity contribution in [1.29, 1.82) is 0 Å². The largest absolute Gasteiger partial charge is 0.229 e. The SMILES string of the molecule is CC(C)(C)C#CC1(F)[C@@H]2CCCC[C@@H]21. The molecule has 0 amide bonds. The summed E-state index contributed by atoms with van der Waals surface area (Å²) in [6.07, 6.45) is 4.51. The van der Waals surface area contributed by atoms with Crippen molar-refractivity contribution in [2.75, 3.05) is 0 Å². The topological polar surface area (TPSA) is 0 Å². The van der Waals surface area contributed by atoms with E-state index >= 15 is 0 Å². The van der Waals surface area contributed by atoms with Gasteiger partial charge in [-0.2, -0.15) is 0 Å². The van der Waals surface area contributed by atoms with Gasteiger partial charge in [-0.05, 0) is 33.6 Å². The lowest BCUT2D eigenvalue weighted by molar-refractivity contribution is 0.344. The molecule has 78 valence electrons. The number of hydrogen-bond acceptors (Lipinski definition) is 0. The van der Waals surface area contributed by atoms with E-state index in [2.05, 4.69) is 11.8 Å². The van der Waals surface area contributed by atoms with Crippen molar-refractivity contribution in [3.63, 3.8) is 0 Å². The average molecular weight is 194 g/mol. The highest BCUT2D eigenvalue weighted by Gasteiger charge is 2.65. The molecule has 0 aromatic rings. The van der Waals surface area contributed by atoms with E-state index in [1.807, 2.05) is 20.8 Å². The normalized spacial score (nSPS) is 40.9. The Morgan fingerprint density at radius 2 is 1.64 bits per heavy atom. The second kappa shape index (κ2) is 2.99. The van der Waals surface area contributed by atoms with Crippen molar-refractivity contribution in [2.24, 2.45) is 17.3 Å². The third-order valence-corrected chi connectivity index (χ3v) is 3.37. The molecule has 0 bridgehead atoms. The molecule has 1 unspecified atom stereocenters. The van der Waals surface area contributed by atoms with Gasteiger partial charge in [-0.3, -0.25) is 0 Å². The van der Waals surface area contributed by atoms with Gasteiger partial charge in [-0.15, -0.1) is 0 Å². The highest BCUT2D eigenvalue weighted by molar-refractivity contribution is 5.32. The van der Waals surface area contributed by atoms with Crippen LogP contribution in [0.3, 0.4) is 0 Å². The van der Waals surface area contributed by atoms with Crippen LogP contribution >= 0.6 is 0 Å². The Labute approximate surface area is 86.3 Å². The smallest absolute Gasteiger partial charge is 0.177 e. The molecule has 0 aromatic heterocycles. The summed E-state index contributed by atoms with van der Waals surface area (Å²) in [6.45, 7) is 6.11. The number of hydrogen-bond donors (Lipinski definition) is 0. The molecule has 2 rings (SSSR count). The van der Waals surface area contributed by atoms with Crippen LogP contribution < -0.4 is 0 Å². The number of rotatable bonds is 0. The van der Waals surface area contributed by atoms with Crippen molar-refractivity contribution in [3.8, 4) is 11.8 Å². The van der Waals surface area contributed by atoms with Gasteiger partial charge in [0.1, 0.15) is 0 Å². The van der Waals surface area contributed by atoms with Gasteiger partial charge < -0.3 is 0 Å². The second-order valence-corrected chi connectivity index (χ2v) is 5.77. The predicted octanol–water partition coefficient (Wildman–Crippen LogP) is 3.56. The molecule has 2 fully saturated rings. The summed E-state index contributed by atoms with van der Waals surface area (Å²) in [7, 11) is 0. The van der Waals surface area contributed by atoms with E-state index < -0.39 is 5.67 Å². The quantitative estimate of drug-likeness (QED) is 0.517. The fraction of sp³-hybridized carbons (Fsp3) is 0.846. The van der Waals surface area contributed by atoms with Crippen molar-refractivity contribution in [1.82, 2.24) is 0 Å². The Bertz CT molecular complexity index is 275. The molecule has 3 atom stereocenters. The van der Waals surface area contributed by atoms with Gasteiger partial charge in [0.05, 0.1) is 0 Å². The van der Waals surface area contributed by atoms with Crippen LogP contribution in [0.25, 0.3) is 0 Å². The van der Waals surface area contributed by atoms with Crippen molar-refractivity contribution < 1.29 is 4.39 Å². The van der Waals surface area contributed by atoms with E-state index in [4.69, 9.17) is 0 Å². The summed E-state index contributed by atoms with van der Waals surface area (Å²) in [5, 5.41) is 0. The highest BCUT2D eigenvalue weighted by Crippen LogP contribution is 2.60. The van der Waals surface area contributed by atoms with Crippen molar-refractivity contribution in [2.45, 2.75) is 52.1 Å². The van der Waals surface area contributed by atoms with Crippen LogP contribution in [0.2, 0.25) is 0 Å². The number of fused-ring (bicyclic) bond motifs is 1. The van der Waals surface area contributed by atoms with Crippen LogP contribution in [0.5, 0.6) is 0 Å². The van der Waals surface area contributed by atoms with E-state index in [1.54, 1.807) is 0 Å². The summed E-state index contributed by atoms with van der Waals surface area (Å²) in [5.41, 5.74) is -1.17. The maximum atomic E-state index is 14.2. The van der Waals surface area contributed by atoms with Crippen molar-refractivity contribution in [3.05, 3.63) is 0 Å². The molecule has 0 nitrogen and oxygen atoms in total. The monoisotopic (exact) mass is 194 g/mol. The molecular weight excluding hydrogens is 175 g/mol. The van der Waals surface area contributed by atoms with Gasteiger partial charge in [-0.25, -0.2) is 4.39 Å². The van der Waals surface area contributed by atoms with E-state index in [0.29, 0.717) is 0 Å². The minimum atomic E-state index is -1.11. The fourth-order valence-electron chi connectivity index (χ4n) is 2.52. The summed E-state index contributed by atoms with van der Waals surface area (Å²) < 4.78 is 14.2. The maximum Gasteiger partial charge on any atom is 0.177 e. The van der Waals surface area contributed by atoms with Crippen LogP contribution in [0.4, 0.5) is 4.39 Å². The van der Waals surface area contributed by atoms with Crippen molar-refractivity contribution >= 4 is 0 Å². The Morgan fingerprint density at radius 1 is 1.14 bits per heavy atom. The lowest BCUT2D eigenvalue weighted by Crippen LogP contribution is -2.06. The summed E-state index contributed by atoms with van der Waals surface area (Å²) >= 11 is 0. The van der Waals surface area contributed by atoms with Gasteiger partial charge in [0.2, 0.25) is 0 Å². The van der Waals surface area contributed by atoms with Crippen LogP contribution in [0.1, 0.15) is 46.5 Å². The fourth-order valence-corrected chi connectivity index (χ4v) is 2.52. The van der Waals surface area contributed by atoms with Crippen LogP contribution in [-0.4, -0.2) is 5.67 Å². The highest BCUT2D eigenvalue weighted by atomic mass is 19.1. The second-order valence-electron chi connectivity index (χ2n) is 5.77. The first-order valence-electron chi connectivity index (χ1n) is 5.67. The molecule has 1 heteroatoms. The van der Waals surface area contributed by atoms with Gasteiger partial charge in [0.15, 0.2) is 5.67 Å². The Kier molecular flexibility index (Phi) is 2.14. The van der Waals surface area contributed by atoms with E-state index in [1.165, 1.54) is 12.8 Å². The van der Waals surface area contributed by atoms with Crippen LogP contribution in [0.15, 0.2) is 0 Å². The van der Waals surface area contributed by atoms with E-state index in [0.717, 1.165) is 12.8 Å². The molecule has 0 aromatic carbocycles.